The van der Waals surface area contributed by atoms with Crippen molar-refractivity contribution in [2.45, 2.75) is 13.8 Å². The fourth-order valence-electron chi connectivity index (χ4n) is 7.83. The molecule has 42 heavy (non-hydrogen) atoms. The van der Waals surface area contributed by atoms with E-state index in [1.165, 1.54) is 98.9 Å². The first-order chi connectivity index (χ1) is 20.7. The van der Waals surface area contributed by atoms with Crippen molar-refractivity contribution >= 4 is 43.2 Å². The number of rotatable bonds is 1. The number of pyridine rings is 2. The molecule has 0 N–H and O–H groups in total. The van der Waals surface area contributed by atoms with E-state index in [1.807, 2.05) is 12.4 Å². The minimum atomic E-state index is 1.07. The summed E-state index contributed by atoms with van der Waals surface area (Å²) in [7, 11) is 0. The van der Waals surface area contributed by atoms with Gasteiger partial charge in [0, 0.05) is 34.5 Å². The number of fused-ring (bicyclic) bond motifs is 10. The summed E-state index contributed by atoms with van der Waals surface area (Å²) in [6.45, 7) is 4.40. The van der Waals surface area contributed by atoms with Crippen molar-refractivity contribution in [1.82, 2.24) is 9.97 Å². The lowest BCUT2D eigenvalue weighted by Crippen LogP contribution is -1.91. The van der Waals surface area contributed by atoms with Crippen LogP contribution in [0.25, 0.3) is 99.0 Å². The maximum Gasteiger partial charge on any atom is 0.0793 e. The van der Waals surface area contributed by atoms with Crippen molar-refractivity contribution in [2.24, 2.45) is 0 Å². The van der Waals surface area contributed by atoms with Crippen LogP contribution in [-0.2, 0) is 0 Å². The molecular weight excluding hydrogens is 508 g/mol. The molecule has 10 rings (SSSR count). The van der Waals surface area contributed by atoms with E-state index in [4.69, 9.17) is 9.97 Å². The van der Waals surface area contributed by atoms with E-state index in [9.17, 15) is 0 Å². The van der Waals surface area contributed by atoms with Gasteiger partial charge in [-0.05, 0) is 109 Å². The number of aryl methyl sites for hydroxylation is 2. The molecule has 6 aromatic carbocycles. The lowest BCUT2D eigenvalue weighted by atomic mass is 9.87. The smallest absolute Gasteiger partial charge is 0.0793 e. The van der Waals surface area contributed by atoms with Crippen molar-refractivity contribution in [1.29, 1.82) is 0 Å². The van der Waals surface area contributed by atoms with Crippen LogP contribution in [0.4, 0.5) is 0 Å². The van der Waals surface area contributed by atoms with Crippen LogP contribution < -0.4 is 0 Å². The van der Waals surface area contributed by atoms with Crippen LogP contribution in [0, 0.1) is 13.8 Å². The SMILES string of the molecule is Cc1ccc2c(c1)c(-c1ccc3c4c(ccnc14)-c1ccccc1-3)cc1c3ccc(C)c4c3c(cc21)-c1ncccc1-4. The van der Waals surface area contributed by atoms with Crippen LogP contribution >= 0.6 is 0 Å². The second-order valence-electron chi connectivity index (χ2n) is 11.9. The van der Waals surface area contributed by atoms with Crippen molar-refractivity contribution in [3.8, 4) is 55.8 Å². The number of aromatic nitrogens is 2. The summed E-state index contributed by atoms with van der Waals surface area (Å²) in [6, 6.07) is 36.1. The van der Waals surface area contributed by atoms with E-state index in [-0.39, 0.29) is 0 Å². The zero-order chi connectivity index (χ0) is 27.7. The molecule has 2 aromatic heterocycles. The molecule has 2 heterocycles. The standard InChI is InChI=1S/C40H24N2/c1-21-9-11-25-31(18-21)34(29-14-13-26-23-6-3-4-7-24(23)28-15-17-42-40(29)38(26)28)19-33-27-12-10-22(2)36-30-8-5-16-41-39(30)35(37(27)36)20-32(25)33/h3-20H,1-2H3. The molecule has 0 fully saturated rings. The van der Waals surface area contributed by atoms with Crippen LogP contribution in [0.2, 0.25) is 0 Å². The highest BCUT2D eigenvalue weighted by Gasteiger charge is 2.27. The first-order valence-corrected chi connectivity index (χ1v) is 14.6. The Bertz CT molecular complexity index is 2510. The van der Waals surface area contributed by atoms with Crippen molar-refractivity contribution in [3.05, 3.63) is 121 Å². The Morgan fingerprint density at radius 1 is 0.429 bits per heavy atom. The summed E-state index contributed by atoms with van der Waals surface area (Å²) in [4.78, 5) is 9.91. The molecule has 0 radical (unpaired) electrons. The molecule has 2 heteroatoms. The third-order valence-electron chi connectivity index (χ3n) is 9.62. The Morgan fingerprint density at radius 2 is 1.17 bits per heavy atom. The summed E-state index contributed by atoms with van der Waals surface area (Å²) in [5.41, 5.74) is 16.1. The molecule has 0 aliphatic heterocycles. The van der Waals surface area contributed by atoms with Gasteiger partial charge in [0.2, 0.25) is 0 Å². The molecule has 2 aliphatic carbocycles. The Morgan fingerprint density at radius 3 is 2.05 bits per heavy atom. The minimum Gasteiger partial charge on any atom is -0.256 e. The average molecular weight is 533 g/mol. The van der Waals surface area contributed by atoms with E-state index in [0.717, 1.165) is 11.2 Å². The lowest BCUT2D eigenvalue weighted by molar-refractivity contribution is 1.34. The Balaban J connectivity index is 1.37. The van der Waals surface area contributed by atoms with Gasteiger partial charge in [-0.1, -0.05) is 78.4 Å². The van der Waals surface area contributed by atoms with E-state index in [1.54, 1.807) is 0 Å². The normalized spacial score (nSPS) is 12.5. The Labute approximate surface area is 242 Å². The number of nitrogens with zero attached hydrogens (tertiary/aromatic N) is 2. The first kappa shape index (κ1) is 22.4. The third kappa shape index (κ3) is 2.65. The molecule has 0 saturated heterocycles. The van der Waals surface area contributed by atoms with E-state index in [2.05, 4.69) is 111 Å². The predicted octanol–water partition coefficient (Wildman–Crippen LogP) is 10.7. The van der Waals surface area contributed by atoms with Gasteiger partial charge in [0.25, 0.3) is 0 Å². The van der Waals surface area contributed by atoms with Gasteiger partial charge in [-0.25, -0.2) is 0 Å². The lowest BCUT2D eigenvalue weighted by Gasteiger charge is -2.17. The highest BCUT2D eigenvalue weighted by Crippen LogP contribution is 2.53. The molecule has 8 aromatic rings. The van der Waals surface area contributed by atoms with Gasteiger partial charge in [0.15, 0.2) is 0 Å². The van der Waals surface area contributed by atoms with Crippen LogP contribution in [-0.4, -0.2) is 9.97 Å². The van der Waals surface area contributed by atoms with Gasteiger partial charge in [-0.3, -0.25) is 9.97 Å². The zero-order valence-corrected chi connectivity index (χ0v) is 23.3. The molecular formula is C40H24N2. The predicted molar refractivity (Wildman–Crippen MR) is 176 cm³/mol. The fraction of sp³-hybridized carbons (Fsp3) is 0.0500. The molecule has 0 bridgehead atoms. The summed E-state index contributed by atoms with van der Waals surface area (Å²) >= 11 is 0. The summed E-state index contributed by atoms with van der Waals surface area (Å²) in [5.74, 6) is 0. The highest BCUT2D eigenvalue weighted by molar-refractivity contribution is 6.29. The van der Waals surface area contributed by atoms with E-state index in [0.29, 0.717) is 0 Å². The van der Waals surface area contributed by atoms with Gasteiger partial charge < -0.3 is 0 Å². The maximum atomic E-state index is 5.04. The van der Waals surface area contributed by atoms with Crippen LogP contribution in [0.15, 0.2) is 109 Å². The third-order valence-corrected chi connectivity index (χ3v) is 9.62. The van der Waals surface area contributed by atoms with Crippen LogP contribution in [0.1, 0.15) is 11.1 Å². The van der Waals surface area contributed by atoms with Gasteiger partial charge in [-0.15, -0.1) is 0 Å². The second-order valence-corrected chi connectivity index (χ2v) is 11.9. The van der Waals surface area contributed by atoms with Gasteiger partial charge in [0.05, 0.1) is 11.2 Å². The number of hydrogen-bond acceptors (Lipinski definition) is 2. The Hall–Kier alpha value is -5.34. The van der Waals surface area contributed by atoms with E-state index < -0.39 is 0 Å². The molecule has 2 aliphatic rings. The van der Waals surface area contributed by atoms with Gasteiger partial charge >= 0.3 is 0 Å². The minimum absolute atomic E-state index is 1.07. The van der Waals surface area contributed by atoms with Gasteiger partial charge in [0.1, 0.15) is 0 Å². The summed E-state index contributed by atoms with van der Waals surface area (Å²) in [5, 5.41) is 8.95. The highest BCUT2D eigenvalue weighted by atomic mass is 14.7. The summed E-state index contributed by atoms with van der Waals surface area (Å²) in [6.07, 6.45) is 3.90. The maximum absolute atomic E-state index is 5.04. The Kier molecular flexibility index (Phi) is 4.09. The average Bonchev–Trinajstić information content (AvgIpc) is 3.54. The monoisotopic (exact) mass is 532 g/mol. The van der Waals surface area contributed by atoms with E-state index >= 15 is 0 Å². The molecule has 2 nitrogen and oxygen atoms in total. The van der Waals surface area contributed by atoms with Crippen molar-refractivity contribution in [2.75, 3.05) is 0 Å². The molecule has 0 spiro atoms. The van der Waals surface area contributed by atoms with Gasteiger partial charge in [-0.2, -0.15) is 0 Å². The van der Waals surface area contributed by atoms with Crippen molar-refractivity contribution < 1.29 is 0 Å². The second kappa shape index (κ2) is 7.69. The summed E-state index contributed by atoms with van der Waals surface area (Å²) < 4.78 is 0. The largest absolute Gasteiger partial charge is 0.256 e. The van der Waals surface area contributed by atoms with Crippen LogP contribution in [0.5, 0.6) is 0 Å². The fourth-order valence-corrected chi connectivity index (χ4v) is 7.83. The zero-order valence-electron chi connectivity index (χ0n) is 23.3. The number of benzene rings is 6. The quantitative estimate of drug-likeness (QED) is 0.197. The number of hydrogen-bond donors (Lipinski definition) is 0. The van der Waals surface area contributed by atoms with Crippen LogP contribution in [0.3, 0.4) is 0 Å². The van der Waals surface area contributed by atoms with Crippen molar-refractivity contribution in [3.63, 3.8) is 0 Å². The molecule has 0 unspecified atom stereocenters. The first-order valence-electron chi connectivity index (χ1n) is 14.6. The molecule has 0 atom stereocenters. The molecule has 0 amide bonds. The topological polar surface area (TPSA) is 25.8 Å². The molecule has 0 saturated carbocycles. The molecule has 194 valence electrons.